The maximum Gasteiger partial charge on any atom is 0.332 e. The number of anilines is 1. The van der Waals surface area contributed by atoms with Gasteiger partial charge in [-0.15, -0.1) is 0 Å². The van der Waals surface area contributed by atoms with Gasteiger partial charge in [-0.1, -0.05) is 17.7 Å². The lowest BCUT2D eigenvalue weighted by Crippen LogP contribution is -2.42. The maximum atomic E-state index is 12.2. The Balaban J connectivity index is 1.97. The number of carbonyl (C=O) groups is 3. The van der Waals surface area contributed by atoms with Crippen molar-refractivity contribution in [3.63, 3.8) is 0 Å². The molecule has 10 nitrogen and oxygen atoms in total. The van der Waals surface area contributed by atoms with Gasteiger partial charge in [0.05, 0.1) is 0 Å². The molecule has 2 rings (SSSR count). The third-order valence-electron chi connectivity index (χ3n) is 4.06. The number of carbonyl (C=O) groups excluding carboxylic acids is 3. The predicted octanol–water partition coefficient (Wildman–Crippen LogP) is -0.869. The minimum absolute atomic E-state index is 0.318. The summed E-state index contributed by atoms with van der Waals surface area (Å²) in [4.78, 5) is 59.8. The Hall–Kier alpha value is -3.69. The number of nitrogens with zero attached hydrogens (tertiary/aromatic N) is 2. The largest absolute Gasteiger partial charge is 0.456 e. The van der Waals surface area contributed by atoms with Crippen LogP contribution in [0.4, 0.5) is 5.82 Å². The van der Waals surface area contributed by atoms with E-state index in [0.29, 0.717) is 5.56 Å². The molecule has 1 amide bonds. The van der Waals surface area contributed by atoms with Crippen molar-refractivity contribution in [2.45, 2.75) is 6.92 Å². The summed E-state index contributed by atoms with van der Waals surface area (Å²) >= 11 is 0. The van der Waals surface area contributed by atoms with Crippen molar-refractivity contribution < 1.29 is 19.1 Å². The molecule has 0 saturated heterocycles. The van der Waals surface area contributed by atoms with Crippen LogP contribution in [-0.2, 0) is 23.6 Å². The molecule has 0 spiro atoms. The molecule has 0 aliphatic heterocycles. The van der Waals surface area contributed by atoms with E-state index in [1.54, 1.807) is 24.3 Å². The molecule has 0 radical (unpaired) electrons. The molecule has 148 valence electrons. The molecule has 2 aromatic rings. The highest BCUT2D eigenvalue weighted by Gasteiger charge is 2.21. The number of ether oxygens (including phenoxy) is 1. The van der Waals surface area contributed by atoms with Crippen molar-refractivity contribution in [3.8, 4) is 0 Å². The average molecular weight is 388 g/mol. The Morgan fingerprint density at radius 2 is 1.68 bits per heavy atom. The van der Waals surface area contributed by atoms with Crippen LogP contribution in [0.2, 0.25) is 0 Å². The van der Waals surface area contributed by atoms with Crippen molar-refractivity contribution in [3.05, 3.63) is 61.8 Å². The fourth-order valence-electron chi connectivity index (χ4n) is 2.35. The first-order valence-electron chi connectivity index (χ1n) is 8.22. The molecule has 3 N–H and O–H groups in total. The van der Waals surface area contributed by atoms with Crippen LogP contribution in [0.15, 0.2) is 33.9 Å². The number of rotatable bonds is 6. The number of Topliss-reactive ketones (excluding diaryl/α,β-unsaturated/α-hetero) is 1. The van der Waals surface area contributed by atoms with Crippen molar-refractivity contribution >= 4 is 23.5 Å². The first-order chi connectivity index (χ1) is 13.1. The standard InChI is InChI=1S/C18H20N4O6/c1-10-4-6-11(7-5-10)16(25)20-8-13(24)28-9-12(23)14-15(19)21(2)18(27)22(3)17(14)26/h4-7H,8-9,19H2,1-3H3,(H,20,25). The van der Waals surface area contributed by atoms with E-state index in [2.05, 4.69) is 5.32 Å². The lowest BCUT2D eigenvalue weighted by Gasteiger charge is -2.11. The fourth-order valence-corrected chi connectivity index (χ4v) is 2.35. The van der Waals surface area contributed by atoms with Crippen molar-refractivity contribution in [2.75, 3.05) is 18.9 Å². The zero-order chi connectivity index (χ0) is 21.0. The first-order valence-corrected chi connectivity index (χ1v) is 8.22. The highest BCUT2D eigenvalue weighted by atomic mass is 16.5. The van der Waals surface area contributed by atoms with E-state index >= 15 is 0 Å². The number of nitrogen functional groups attached to an aromatic ring is 1. The first kappa shape index (κ1) is 20.6. The second kappa shape index (κ2) is 8.33. The van der Waals surface area contributed by atoms with Crippen LogP contribution in [0.1, 0.15) is 26.3 Å². The Morgan fingerprint density at radius 1 is 1.07 bits per heavy atom. The lowest BCUT2D eigenvalue weighted by molar-refractivity contribution is -0.141. The van der Waals surface area contributed by atoms with E-state index in [1.165, 1.54) is 14.1 Å². The number of esters is 1. The molecule has 1 heterocycles. The van der Waals surface area contributed by atoms with Crippen LogP contribution < -0.4 is 22.3 Å². The summed E-state index contributed by atoms with van der Waals surface area (Å²) < 4.78 is 6.46. The number of aromatic nitrogens is 2. The van der Waals surface area contributed by atoms with Gasteiger partial charge in [0.2, 0.25) is 5.78 Å². The Morgan fingerprint density at radius 3 is 2.29 bits per heavy atom. The van der Waals surface area contributed by atoms with Crippen molar-refractivity contribution in [2.24, 2.45) is 14.1 Å². The van der Waals surface area contributed by atoms with Gasteiger partial charge in [0, 0.05) is 19.7 Å². The lowest BCUT2D eigenvalue weighted by atomic mass is 10.1. The molecule has 0 unspecified atom stereocenters. The van der Waals surface area contributed by atoms with Gasteiger partial charge in [-0.3, -0.25) is 28.3 Å². The molecule has 0 saturated carbocycles. The van der Waals surface area contributed by atoms with E-state index in [1.807, 2.05) is 6.92 Å². The number of ketones is 1. The highest BCUT2D eigenvalue weighted by Crippen LogP contribution is 2.05. The smallest absolute Gasteiger partial charge is 0.332 e. The van der Waals surface area contributed by atoms with E-state index in [-0.39, 0.29) is 5.82 Å². The summed E-state index contributed by atoms with van der Waals surface area (Å²) in [6, 6.07) is 6.73. The average Bonchev–Trinajstić information content (AvgIpc) is 2.68. The molecule has 0 aliphatic carbocycles. The van der Waals surface area contributed by atoms with Gasteiger partial charge in [0.25, 0.3) is 11.5 Å². The van der Waals surface area contributed by atoms with Crippen molar-refractivity contribution in [1.82, 2.24) is 14.5 Å². The fraction of sp³-hybridized carbons (Fsp3) is 0.278. The summed E-state index contributed by atoms with van der Waals surface area (Å²) in [6.07, 6.45) is 0. The van der Waals surface area contributed by atoms with E-state index < -0.39 is 47.6 Å². The van der Waals surface area contributed by atoms with Gasteiger partial charge in [0.1, 0.15) is 17.9 Å². The second-order valence-electron chi connectivity index (χ2n) is 6.10. The molecular formula is C18H20N4O6. The van der Waals surface area contributed by atoms with E-state index in [4.69, 9.17) is 10.5 Å². The third kappa shape index (κ3) is 4.34. The summed E-state index contributed by atoms with van der Waals surface area (Å²) in [7, 11) is 2.51. The third-order valence-corrected chi connectivity index (χ3v) is 4.06. The summed E-state index contributed by atoms with van der Waals surface area (Å²) in [6.45, 7) is 0.665. The number of hydrogen-bond donors (Lipinski definition) is 2. The highest BCUT2D eigenvalue weighted by molar-refractivity contribution is 6.01. The summed E-state index contributed by atoms with van der Waals surface area (Å²) in [5.41, 5.74) is 5.01. The number of benzene rings is 1. The number of aryl methyl sites for hydroxylation is 1. The maximum absolute atomic E-state index is 12.2. The number of amides is 1. The van der Waals surface area contributed by atoms with Gasteiger partial charge in [-0.25, -0.2) is 4.79 Å². The molecule has 10 heteroatoms. The molecule has 28 heavy (non-hydrogen) atoms. The topological polar surface area (TPSA) is 142 Å². The van der Waals surface area contributed by atoms with Crippen LogP contribution in [0.5, 0.6) is 0 Å². The van der Waals surface area contributed by atoms with Crippen LogP contribution in [0.25, 0.3) is 0 Å². The molecule has 0 fully saturated rings. The van der Waals surface area contributed by atoms with Crippen LogP contribution in [0.3, 0.4) is 0 Å². The van der Waals surface area contributed by atoms with Gasteiger partial charge >= 0.3 is 11.7 Å². The Bertz CT molecular complexity index is 1050. The van der Waals surface area contributed by atoms with Crippen LogP contribution in [0, 0.1) is 6.92 Å². The Labute approximate surface area is 159 Å². The summed E-state index contributed by atoms with van der Waals surface area (Å²) in [5, 5.41) is 2.37. The quantitative estimate of drug-likeness (QED) is 0.484. The molecule has 0 aliphatic rings. The van der Waals surface area contributed by atoms with Gasteiger partial charge in [-0.05, 0) is 19.1 Å². The minimum Gasteiger partial charge on any atom is -0.456 e. The number of nitrogens with one attached hydrogen (secondary N) is 1. The van der Waals surface area contributed by atoms with Gasteiger partial charge in [0.15, 0.2) is 6.61 Å². The van der Waals surface area contributed by atoms with Gasteiger partial charge in [-0.2, -0.15) is 0 Å². The van der Waals surface area contributed by atoms with Crippen LogP contribution in [-0.4, -0.2) is 39.9 Å². The molecule has 0 atom stereocenters. The van der Waals surface area contributed by atoms with Gasteiger partial charge < -0.3 is 15.8 Å². The summed E-state index contributed by atoms with van der Waals surface area (Å²) in [5.74, 6) is -2.51. The van der Waals surface area contributed by atoms with Crippen molar-refractivity contribution in [1.29, 1.82) is 0 Å². The molecular weight excluding hydrogens is 368 g/mol. The monoisotopic (exact) mass is 388 g/mol. The predicted molar refractivity (Wildman–Crippen MR) is 100 cm³/mol. The zero-order valence-electron chi connectivity index (χ0n) is 15.6. The van der Waals surface area contributed by atoms with Crippen LogP contribution >= 0.6 is 0 Å². The molecule has 0 bridgehead atoms. The normalized spacial score (nSPS) is 10.4. The second-order valence-corrected chi connectivity index (χ2v) is 6.10. The van der Waals surface area contributed by atoms with E-state index in [0.717, 1.165) is 14.7 Å². The molecule has 1 aromatic carbocycles. The molecule has 1 aromatic heterocycles. The minimum atomic E-state index is -0.880. The SMILES string of the molecule is Cc1ccc(C(=O)NCC(=O)OCC(=O)c2c(N)n(C)c(=O)n(C)c2=O)cc1. The zero-order valence-corrected chi connectivity index (χ0v) is 15.6. The Kier molecular flexibility index (Phi) is 6.14. The number of nitrogens with two attached hydrogens (primary N) is 1. The van der Waals surface area contributed by atoms with E-state index in [9.17, 15) is 24.0 Å². The number of hydrogen-bond acceptors (Lipinski definition) is 7.